The fourth-order valence-corrected chi connectivity index (χ4v) is 4.69. The van der Waals surface area contributed by atoms with Crippen LogP contribution < -0.4 is 10.6 Å². The van der Waals surface area contributed by atoms with E-state index in [2.05, 4.69) is 10.6 Å². The van der Waals surface area contributed by atoms with Crippen molar-refractivity contribution in [2.75, 3.05) is 6.54 Å². The zero-order chi connectivity index (χ0) is 23.4. The maximum Gasteiger partial charge on any atom is 0.251 e. The Morgan fingerprint density at radius 1 is 1.00 bits per heavy atom. The molecule has 170 valence electrons. The summed E-state index contributed by atoms with van der Waals surface area (Å²) in [4.78, 5) is 25.1. The van der Waals surface area contributed by atoms with Crippen molar-refractivity contribution in [3.8, 4) is 0 Å². The van der Waals surface area contributed by atoms with E-state index in [4.69, 9.17) is 23.2 Å². The van der Waals surface area contributed by atoms with Crippen LogP contribution in [0.15, 0.2) is 72.8 Å². The van der Waals surface area contributed by atoms with E-state index < -0.39 is 0 Å². The molecule has 6 heteroatoms. The molecule has 4 nitrogen and oxygen atoms in total. The molecule has 1 aliphatic heterocycles. The summed E-state index contributed by atoms with van der Waals surface area (Å²) in [5, 5.41) is 7.44. The number of nitrogens with one attached hydrogen (secondary N) is 2. The van der Waals surface area contributed by atoms with E-state index in [1.165, 1.54) is 0 Å². The minimum Gasteiger partial charge on any atom is -0.355 e. The normalized spacial score (nSPS) is 17.3. The van der Waals surface area contributed by atoms with Crippen molar-refractivity contribution in [3.05, 3.63) is 105 Å². The fourth-order valence-electron chi connectivity index (χ4n) is 4.44. The molecule has 0 saturated carbocycles. The highest BCUT2D eigenvalue weighted by Gasteiger charge is 2.28. The smallest absolute Gasteiger partial charge is 0.251 e. The van der Waals surface area contributed by atoms with Gasteiger partial charge in [0.25, 0.3) is 5.91 Å². The largest absolute Gasteiger partial charge is 0.355 e. The summed E-state index contributed by atoms with van der Waals surface area (Å²) in [6, 6.07) is 22.9. The second-order valence-electron chi connectivity index (χ2n) is 8.54. The van der Waals surface area contributed by atoms with Gasteiger partial charge in [0, 0.05) is 46.5 Å². The van der Waals surface area contributed by atoms with Crippen molar-refractivity contribution in [1.29, 1.82) is 0 Å². The minimum absolute atomic E-state index is 0.0101. The predicted octanol–water partition coefficient (Wildman–Crippen LogP) is 5.74. The van der Waals surface area contributed by atoms with Gasteiger partial charge in [-0.2, -0.15) is 0 Å². The van der Waals surface area contributed by atoms with Crippen molar-refractivity contribution >= 4 is 35.0 Å². The Kier molecular flexibility index (Phi) is 7.36. The van der Waals surface area contributed by atoms with E-state index in [0.717, 1.165) is 23.1 Å². The highest BCUT2D eigenvalue weighted by molar-refractivity contribution is 6.30. The van der Waals surface area contributed by atoms with E-state index in [9.17, 15) is 9.59 Å². The van der Waals surface area contributed by atoms with Crippen LogP contribution in [0.5, 0.6) is 0 Å². The van der Waals surface area contributed by atoms with Crippen LogP contribution >= 0.6 is 23.2 Å². The zero-order valence-electron chi connectivity index (χ0n) is 18.4. The first kappa shape index (κ1) is 23.3. The third-order valence-corrected chi connectivity index (χ3v) is 6.76. The number of amides is 2. The number of hydrogen-bond donors (Lipinski definition) is 2. The molecule has 0 aromatic heterocycles. The third-order valence-electron chi connectivity index (χ3n) is 6.25. The van der Waals surface area contributed by atoms with Gasteiger partial charge in [-0.05, 0) is 60.4 Å². The maximum atomic E-state index is 13.3. The van der Waals surface area contributed by atoms with Crippen LogP contribution in [-0.4, -0.2) is 24.4 Å². The Labute approximate surface area is 204 Å². The Balaban J connectivity index is 1.57. The van der Waals surface area contributed by atoms with E-state index in [1.54, 1.807) is 0 Å². The molecule has 2 amide bonds. The first-order chi connectivity index (χ1) is 15.9. The molecular weight excluding hydrogens is 455 g/mol. The van der Waals surface area contributed by atoms with Crippen LogP contribution in [0, 0.1) is 0 Å². The Hall–Kier alpha value is -2.82. The van der Waals surface area contributed by atoms with Crippen LogP contribution in [0.2, 0.25) is 10.0 Å². The highest BCUT2D eigenvalue weighted by Crippen LogP contribution is 2.29. The summed E-state index contributed by atoms with van der Waals surface area (Å²) in [5.41, 5.74) is 3.76. The summed E-state index contributed by atoms with van der Waals surface area (Å²) in [5.74, 6) is -0.0629. The van der Waals surface area contributed by atoms with Crippen LogP contribution in [0.4, 0.5) is 0 Å². The second-order valence-corrected chi connectivity index (χ2v) is 9.42. The Bertz CT molecular complexity index is 1130. The van der Waals surface area contributed by atoms with Gasteiger partial charge in [0.2, 0.25) is 5.91 Å². The van der Waals surface area contributed by atoms with Gasteiger partial charge in [-0.3, -0.25) is 9.59 Å². The van der Waals surface area contributed by atoms with Crippen LogP contribution in [0.1, 0.15) is 52.2 Å². The molecule has 0 spiro atoms. The second kappa shape index (κ2) is 10.4. The summed E-state index contributed by atoms with van der Waals surface area (Å²) in [6.45, 7) is 2.58. The van der Waals surface area contributed by atoms with E-state index in [-0.39, 0.29) is 29.7 Å². The first-order valence-electron chi connectivity index (χ1n) is 11.1. The fraction of sp³-hybridized carbons (Fsp3) is 0.259. The Morgan fingerprint density at radius 2 is 1.64 bits per heavy atom. The molecule has 1 saturated heterocycles. The minimum atomic E-state index is -0.147. The van der Waals surface area contributed by atoms with Gasteiger partial charge in [0.15, 0.2) is 0 Å². The van der Waals surface area contributed by atoms with E-state index in [1.807, 2.05) is 79.7 Å². The van der Waals surface area contributed by atoms with Crippen molar-refractivity contribution in [1.82, 2.24) is 10.6 Å². The molecule has 2 N–H and O–H groups in total. The maximum absolute atomic E-state index is 13.3. The number of benzene rings is 3. The lowest BCUT2D eigenvalue weighted by Gasteiger charge is -2.26. The van der Waals surface area contributed by atoms with Gasteiger partial charge in [-0.1, -0.05) is 65.7 Å². The number of carbonyl (C=O) groups excluding carboxylic acids is 2. The number of hydrogen-bond acceptors (Lipinski definition) is 2. The number of halogens is 2. The molecule has 0 radical (unpaired) electrons. The molecule has 3 unspecified atom stereocenters. The molecule has 33 heavy (non-hydrogen) atoms. The quantitative estimate of drug-likeness (QED) is 0.452. The van der Waals surface area contributed by atoms with Crippen molar-refractivity contribution < 1.29 is 9.59 Å². The number of carbonyl (C=O) groups is 2. The third kappa shape index (κ3) is 5.76. The average molecular weight is 481 g/mol. The molecule has 1 heterocycles. The Morgan fingerprint density at radius 3 is 2.27 bits per heavy atom. The van der Waals surface area contributed by atoms with Gasteiger partial charge in [0.1, 0.15) is 0 Å². The standard InChI is InChI=1S/C27H26Cl2N2O2/c1-17(31-27(33)24-5-3-2-4-23(24)20-15-26(32)30-16-20)25(19-8-12-22(29)13-9-19)14-18-6-10-21(28)11-7-18/h2-13,17,20,25H,14-16H2,1H3,(H,30,32)(H,31,33). The zero-order valence-corrected chi connectivity index (χ0v) is 19.9. The highest BCUT2D eigenvalue weighted by atomic mass is 35.5. The molecular formula is C27H26Cl2N2O2. The van der Waals surface area contributed by atoms with Crippen molar-refractivity contribution in [3.63, 3.8) is 0 Å². The molecule has 4 rings (SSSR count). The van der Waals surface area contributed by atoms with Gasteiger partial charge in [0.05, 0.1) is 0 Å². The van der Waals surface area contributed by atoms with E-state index >= 15 is 0 Å². The predicted molar refractivity (Wildman–Crippen MR) is 133 cm³/mol. The lowest BCUT2D eigenvalue weighted by Crippen LogP contribution is -2.38. The van der Waals surface area contributed by atoms with Gasteiger partial charge in [-0.15, -0.1) is 0 Å². The summed E-state index contributed by atoms with van der Waals surface area (Å²) in [7, 11) is 0. The van der Waals surface area contributed by atoms with Crippen molar-refractivity contribution in [2.24, 2.45) is 0 Å². The lowest BCUT2D eigenvalue weighted by atomic mass is 9.86. The molecule has 3 aromatic rings. The molecule has 1 fully saturated rings. The first-order valence-corrected chi connectivity index (χ1v) is 11.8. The molecule has 3 aromatic carbocycles. The lowest BCUT2D eigenvalue weighted by molar-refractivity contribution is -0.119. The SMILES string of the molecule is CC(NC(=O)c1ccccc1C1CNC(=O)C1)C(Cc1ccc(Cl)cc1)c1ccc(Cl)cc1. The average Bonchev–Trinajstić information content (AvgIpc) is 3.25. The van der Waals surface area contributed by atoms with Gasteiger partial charge < -0.3 is 10.6 Å². The van der Waals surface area contributed by atoms with Crippen molar-refractivity contribution in [2.45, 2.75) is 37.6 Å². The topological polar surface area (TPSA) is 58.2 Å². The summed E-state index contributed by atoms with van der Waals surface area (Å²) < 4.78 is 0. The van der Waals surface area contributed by atoms with Crippen LogP contribution in [0.25, 0.3) is 0 Å². The van der Waals surface area contributed by atoms with Gasteiger partial charge in [-0.25, -0.2) is 0 Å². The van der Waals surface area contributed by atoms with Gasteiger partial charge >= 0.3 is 0 Å². The summed E-state index contributed by atoms with van der Waals surface area (Å²) >= 11 is 12.2. The summed E-state index contributed by atoms with van der Waals surface area (Å²) in [6.07, 6.45) is 1.15. The molecule has 1 aliphatic rings. The van der Waals surface area contributed by atoms with Crippen LogP contribution in [-0.2, 0) is 11.2 Å². The monoisotopic (exact) mass is 480 g/mol. The molecule has 3 atom stereocenters. The van der Waals surface area contributed by atoms with Crippen LogP contribution in [0.3, 0.4) is 0 Å². The number of rotatable bonds is 7. The molecule has 0 bridgehead atoms. The van der Waals surface area contributed by atoms with E-state index in [0.29, 0.717) is 28.6 Å². The molecule has 0 aliphatic carbocycles.